The summed E-state index contributed by atoms with van der Waals surface area (Å²) in [5.74, 6) is 4.51. The minimum Gasteiger partial charge on any atom is -0.0533 e. The van der Waals surface area contributed by atoms with Gasteiger partial charge in [-0.05, 0) is 36.5 Å². The molecule has 0 heterocycles. The predicted octanol–water partition coefficient (Wildman–Crippen LogP) is 6.73. The second kappa shape index (κ2) is 7.85. The molecule has 3 saturated carbocycles. The smallest absolute Gasteiger partial charge is 0.0357 e. The van der Waals surface area contributed by atoms with Crippen LogP contribution in [-0.2, 0) is 0 Å². The van der Waals surface area contributed by atoms with Crippen molar-refractivity contribution in [2.24, 2.45) is 23.7 Å². The van der Waals surface area contributed by atoms with E-state index in [1.165, 1.54) is 51.4 Å². The maximum absolute atomic E-state index is 1.61. The summed E-state index contributed by atoms with van der Waals surface area (Å²) in [6.07, 6.45) is 24.8. The molecule has 116 valence electrons. The maximum atomic E-state index is 1.61. The summed E-state index contributed by atoms with van der Waals surface area (Å²) in [5, 5.41) is 0. The molecular formula is C20H36. The largest absolute Gasteiger partial charge is 0.0533 e. The van der Waals surface area contributed by atoms with Gasteiger partial charge in [0.05, 0.1) is 0 Å². The molecule has 3 rings (SSSR count). The molecule has 0 bridgehead atoms. The highest BCUT2D eigenvalue weighted by atomic mass is 14.4. The summed E-state index contributed by atoms with van der Waals surface area (Å²) in [4.78, 5) is 0. The Morgan fingerprint density at radius 3 is 1.80 bits per heavy atom. The van der Waals surface area contributed by atoms with Crippen molar-refractivity contribution in [3.8, 4) is 0 Å². The fourth-order valence-corrected chi connectivity index (χ4v) is 5.75. The van der Waals surface area contributed by atoms with Gasteiger partial charge in [-0.3, -0.25) is 0 Å². The summed E-state index contributed by atoms with van der Waals surface area (Å²) in [6.45, 7) is 0. The molecule has 0 aromatic rings. The molecule has 3 fully saturated rings. The summed E-state index contributed by atoms with van der Waals surface area (Å²) < 4.78 is 0. The van der Waals surface area contributed by atoms with E-state index in [1.807, 2.05) is 0 Å². The van der Waals surface area contributed by atoms with Gasteiger partial charge in [0.15, 0.2) is 0 Å². The number of hydrogen-bond acceptors (Lipinski definition) is 0. The Kier molecular flexibility index (Phi) is 5.86. The fraction of sp³-hybridized carbons (Fsp3) is 1.00. The van der Waals surface area contributed by atoms with E-state index in [1.54, 1.807) is 51.4 Å². The molecular weight excluding hydrogens is 240 g/mol. The van der Waals surface area contributed by atoms with E-state index < -0.39 is 0 Å². The zero-order valence-corrected chi connectivity index (χ0v) is 13.6. The predicted molar refractivity (Wildman–Crippen MR) is 87.8 cm³/mol. The number of hydrogen-bond donors (Lipinski definition) is 0. The first-order chi connectivity index (χ1) is 9.93. The van der Waals surface area contributed by atoms with Crippen LogP contribution in [0, 0.1) is 23.7 Å². The van der Waals surface area contributed by atoms with E-state index in [4.69, 9.17) is 0 Å². The van der Waals surface area contributed by atoms with Gasteiger partial charge in [-0.1, -0.05) is 89.9 Å². The van der Waals surface area contributed by atoms with Crippen molar-refractivity contribution in [3.05, 3.63) is 0 Å². The highest BCUT2D eigenvalue weighted by Gasteiger charge is 2.35. The lowest BCUT2D eigenvalue weighted by atomic mass is 9.77. The standard InChI is InChI=1S/C20H36/c1-2-4-6-11-17(10-5-3-1)16-19-14-9-15-20(19)18-12-7-8-13-18/h17-20H,1-16H2. The Hall–Kier alpha value is 0. The van der Waals surface area contributed by atoms with Gasteiger partial charge in [0.2, 0.25) is 0 Å². The maximum Gasteiger partial charge on any atom is -0.0357 e. The minimum absolute atomic E-state index is 1.10. The molecule has 2 atom stereocenters. The van der Waals surface area contributed by atoms with Crippen molar-refractivity contribution in [2.75, 3.05) is 0 Å². The van der Waals surface area contributed by atoms with Crippen LogP contribution in [0.3, 0.4) is 0 Å². The summed E-state index contributed by atoms with van der Waals surface area (Å²) in [7, 11) is 0. The molecule has 0 aliphatic heterocycles. The van der Waals surface area contributed by atoms with E-state index >= 15 is 0 Å². The van der Waals surface area contributed by atoms with Crippen molar-refractivity contribution < 1.29 is 0 Å². The van der Waals surface area contributed by atoms with Crippen molar-refractivity contribution in [2.45, 2.75) is 103 Å². The van der Waals surface area contributed by atoms with Crippen molar-refractivity contribution in [1.82, 2.24) is 0 Å². The first-order valence-electron chi connectivity index (χ1n) is 9.93. The third kappa shape index (κ3) is 4.01. The van der Waals surface area contributed by atoms with Crippen LogP contribution in [0.25, 0.3) is 0 Å². The van der Waals surface area contributed by atoms with Gasteiger partial charge in [-0.15, -0.1) is 0 Å². The molecule has 0 amide bonds. The Bertz CT molecular complexity index is 253. The van der Waals surface area contributed by atoms with Crippen molar-refractivity contribution in [3.63, 3.8) is 0 Å². The highest BCUT2D eigenvalue weighted by molar-refractivity contribution is 4.86. The quantitative estimate of drug-likeness (QED) is 0.536. The second-order valence-corrected chi connectivity index (χ2v) is 8.20. The lowest BCUT2D eigenvalue weighted by Crippen LogP contribution is -2.19. The molecule has 0 aromatic carbocycles. The first-order valence-corrected chi connectivity index (χ1v) is 9.93. The van der Waals surface area contributed by atoms with Crippen LogP contribution in [0.1, 0.15) is 103 Å². The molecule has 3 aliphatic rings. The average molecular weight is 277 g/mol. The monoisotopic (exact) mass is 276 g/mol. The Labute approximate surface area is 127 Å². The van der Waals surface area contributed by atoms with Crippen LogP contribution in [-0.4, -0.2) is 0 Å². The van der Waals surface area contributed by atoms with Gasteiger partial charge in [0, 0.05) is 0 Å². The van der Waals surface area contributed by atoms with Gasteiger partial charge in [0.1, 0.15) is 0 Å². The summed E-state index contributed by atoms with van der Waals surface area (Å²) >= 11 is 0. The molecule has 0 radical (unpaired) electrons. The van der Waals surface area contributed by atoms with Gasteiger partial charge in [0.25, 0.3) is 0 Å². The molecule has 0 nitrogen and oxygen atoms in total. The molecule has 0 heteroatoms. The van der Waals surface area contributed by atoms with E-state index in [0.717, 1.165) is 23.7 Å². The van der Waals surface area contributed by atoms with Gasteiger partial charge in [-0.2, -0.15) is 0 Å². The molecule has 0 saturated heterocycles. The SMILES string of the molecule is C1CCCCC(CC2CCCC2C2CCCC2)CCC1. The Balaban J connectivity index is 1.51. The van der Waals surface area contributed by atoms with Gasteiger partial charge < -0.3 is 0 Å². The summed E-state index contributed by atoms with van der Waals surface area (Å²) in [5.41, 5.74) is 0. The van der Waals surface area contributed by atoms with Crippen LogP contribution in [0.2, 0.25) is 0 Å². The summed E-state index contributed by atoms with van der Waals surface area (Å²) in [6, 6.07) is 0. The van der Waals surface area contributed by atoms with Gasteiger partial charge >= 0.3 is 0 Å². The molecule has 0 N–H and O–H groups in total. The highest BCUT2D eigenvalue weighted by Crippen LogP contribution is 2.47. The average Bonchev–Trinajstić information content (AvgIpc) is 3.11. The molecule has 20 heavy (non-hydrogen) atoms. The topological polar surface area (TPSA) is 0 Å². The zero-order valence-electron chi connectivity index (χ0n) is 13.6. The van der Waals surface area contributed by atoms with Crippen molar-refractivity contribution in [1.29, 1.82) is 0 Å². The van der Waals surface area contributed by atoms with Crippen LogP contribution in [0.5, 0.6) is 0 Å². The van der Waals surface area contributed by atoms with Crippen LogP contribution in [0.15, 0.2) is 0 Å². The minimum atomic E-state index is 1.10. The van der Waals surface area contributed by atoms with E-state index in [2.05, 4.69) is 0 Å². The molecule has 0 spiro atoms. The van der Waals surface area contributed by atoms with E-state index in [9.17, 15) is 0 Å². The second-order valence-electron chi connectivity index (χ2n) is 8.20. The Morgan fingerprint density at radius 1 is 0.500 bits per heavy atom. The van der Waals surface area contributed by atoms with Crippen LogP contribution >= 0.6 is 0 Å². The Morgan fingerprint density at radius 2 is 1.10 bits per heavy atom. The van der Waals surface area contributed by atoms with Crippen LogP contribution in [0.4, 0.5) is 0 Å². The van der Waals surface area contributed by atoms with Crippen LogP contribution < -0.4 is 0 Å². The van der Waals surface area contributed by atoms with E-state index in [-0.39, 0.29) is 0 Å². The first kappa shape index (κ1) is 14.9. The lowest BCUT2D eigenvalue weighted by molar-refractivity contribution is 0.214. The zero-order chi connectivity index (χ0) is 13.6. The third-order valence-electron chi connectivity index (χ3n) is 6.83. The molecule has 0 aromatic heterocycles. The number of rotatable bonds is 3. The molecule has 3 aliphatic carbocycles. The molecule has 2 unspecified atom stereocenters. The third-order valence-corrected chi connectivity index (χ3v) is 6.83. The van der Waals surface area contributed by atoms with Gasteiger partial charge in [-0.25, -0.2) is 0 Å². The van der Waals surface area contributed by atoms with E-state index in [0.29, 0.717) is 0 Å². The lowest BCUT2D eigenvalue weighted by Gasteiger charge is -2.29. The normalized spacial score (nSPS) is 34.8. The fourth-order valence-electron chi connectivity index (χ4n) is 5.75. The van der Waals surface area contributed by atoms with Crippen molar-refractivity contribution >= 4 is 0 Å².